The van der Waals surface area contributed by atoms with Gasteiger partial charge in [-0.1, -0.05) is 30.2 Å². The van der Waals surface area contributed by atoms with E-state index in [-0.39, 0.29) is 24.4 Å². The summed E-state index contributed by atoms with van der Waals surface area (Å²) >= 11 is 0. The van der Waals surface area contributed by atoms with Gasteiger partial charge in [0.1, 0.15) is 29.6 Å². The van der Waals surface area contributed by atoms with Crippen LogP contribution in [0.3, 0.4) is 0 Å². The third-order valence-corrected chi connectivity index (χ3v) is 6.87. The van der Waals surface area contributed by atoms with Crippen molar-refractivity contribution in [3.8, 4) is 11.5 Å². The molecule has 0 aliphatic heterocycles. The van der Waals surface area contributed by atoms with Crippen LogP contribution in [0.25, 0.3) is 11.0 Å². The Morgan fingerprint density at radius 2 is 1.82 bits per heavy atom. The fourth-order valence-electron chi connectivity index (χ4n) is 4.94. The molecule has 2 amide bonds. The molecule has 0 radical (unpaired) electrons. The smallest absolute Gasteiger partial charge is 0.247 e. The summed E-state index contributed by atoms with van der Waals surface area (Å²) in [6.07, 6.45) is 4.61. The van der Waals surface area contributed by atoms with Crippen LogP contribution in [0.4, 0.5) is 0 Å². The normalized spacial score (nSPS) is 14.4. The Balaban J connectivity index is 1.70. The van der Waals surface area contributed by atoms with Crippen LogP contribution < -0.4 is 14.8 Å². The number of para-hydroxylation sites is 1. The van der Waals surface area contributed by atoms with Gasteiger partial charge in [-0.25, -0.2) is 4.68 Å². The highest BCUT2D eigenvalue weighted by Gasteiger charge is 2.34. The summed E-state index contributed by atoms with van der Waals surface area (Å²) in [5.74, 6) is 0.620. The average molecular weight is 524 g/mol. The molecule has 0 bridgehead atoms. The zero-order valence-corrected chi connectivity index (χ0v) is 22.4. The third-order valence-electron chi connectivity index (χ3n) is 6.87. The molecule has 2 aromatic carbocycles. The van der Waals surface area contributed by atoms with Crippen molar-refractivity contribution in [2.45, 2.75) is 57.7 Å². The molecule has 1 aliphatic carbocycles. The Hall–Kier alpha value is -3.66. The number of hydrogen-bond acceptors (Lipinski definition) is 7. The Labute approximate surface area is 223 Å². The zero-order valence-electron chi connectivity index (χ0n) is 22.4. The van der Waals surface area contributed by atoms with Crippen molar-refractivity contribution in [1.82, 2.24) is 25.2 Å². The van der Waals surface area contributed by atoms with Crippen LogP contribution in [0.5, 0.6) is 11.5 Å². The number of amides is 2. The highest BCUT2D eigenvalue weighted by atomic mass is 16.5. The number of nitrogens with one attached hydrogen (secondary N) is 1. The van der Waals surface area contributed by atoms with Crippen molar-refractivity contribution >= 4 is 22.8 Å². The van der Waals surface area contributed by atoms with E-state index in [1.807, 2.05) is 31.2 Å². The van der Waals surface area contributed by atoms with Crippen molar-refractivity contribution in [2.24, 2.45) is 0 Å². The minimum absolute atomic E-state index is 0.0521. The quantitative estimate of drug-likeness (QED) is 0.342. The number of nitrogens with zero attached hydrogens (tertiary/aromatic N) is 4. The van der Waals surface area contributed by atoms with E-state index in [0.717, 1.165) is 31.2 Å². The first-order valence-corrected chi connectivity index (χ1v) is 13.2. The van der Waals surface area contributed by atoms with Gasteiger partial charge in [-0.2, -0.15) is 0 Å². The molecule has 1 heterocycles. The van der Waals surface area contributed by atoms with Crippen LogP contribution in [-0.2, 0) is 20.9 Å². The van der Waals surface area contributed by atoms with Gasteiger partial charge in [-0.3, -0.25) is 9.59 Å². The molecular formula is C28H37N5O5. The minimum atomic E-state index is -0.886. The maximum absolute atomic E-state index is 13.9. The predicted molar refractivity (Wildman–Crippen MR) is 143 cm³/mol. The van der Waals surface area contributed by atoms with Gasteiger partial charge in [0.05, 0.1) is 19.7 Å². The highest BCUT2D eigenvalue weighted by molar-refractivity contribution is 5.89. The summed E-state index contributed by atoms with van der Waals surface area (Å²) in [5.41, 5.74) is 2.08. The van der Waals surface area contributed by atoms with Gasteiger partial charge in [-0.05, 0) is 56.0 Å². The summed E-state index contributed by atoms with van der Waals surface area (Å²) in [4.78, 5) is 29.5. The summed E-state index contributed by atoms with van der Waals surface area (Å²) in [5, 5.41) is 11.6. The molecule has 1 aliphatic rings. The molecule has 204 valence electrons. The van der Waals surface area contributed by atoms with Crippen LogP contribution in [-0.4, -0.2) is 71.7 Å². The third kappa shape index (κ3) is 6.61. The topological polar surface area (TPSA) is 108 Å². The number of hydrogen-bond donors (Lipinski definition) is 1. The maximum Gasteiger partial charge on any atom is 0.247 e. The van der Waals surface area contributed by atoms with E-state index in [2.05, 4.69) is 15.6 Å². The van der Waals surface area contributed by atoms with Crippen LogP contribution in [0.1, 0.15) is 50.6 Å². The summed E-state index contributed by atoms with van der Waals surface area (Å²) < 4.78 is 18.1. The molecule has 1 fully saturated rings. The van der Waals surface area contributed by atoms with E-state index in [9.17, 15) is 9.59 Å². The number of methoxy groups -OCH3 is 2. The van der Waals surface area contributed by atoms with Gasteiger partial charge in [0, 0.05) is 31.9 Å². The Bertz CT molecular complexity index is 1200. The first kappa shape index (κ1) is 27.4. The molecule has 10 heteroatoms. The van der Waals surface area contributed by atoms with Gasteiger partial charge in [0.2, 0.25) is 11.8 Å². The van der Waals surface area contributed by atoms with E-state index in [1.165, 1.54) is 0 Å². The van der Waals surface area contributed by atoms with Gasteiger partial charge >= 0.3 is 0 Å². The second-order valence-corrected chi connectivity index (χ2v) is 9.41. The Morgan fingerprint density at radius 3 is 2.50 bits per heavy atom. The summed E-state index contributed by atoms with van der Waals surface area (Å²) in [6.45, 7) is 3.26. The molecule has 0 unspecified atom stereocenters. The lowest BCUT2D eigenvalue weighted by molar-refractivity contribution is -0.142. The molecule has 10 nitrogen and oxygen atoms in total. The van der Waals surface area contributed by atoms with E-state index < -0.39 is 6.04 Å². The molecule has 4 rings (SSSR count). The summed E-state index contributed by atoms with van der Waals surface area (Å²) in [6, 6.07) is 12.0. The van der Waals surface area contributed by atoms with E-state index in [4.69, 9.17) is 14.2 Å². The molecule has 1 aromatic heterocycles. The number of ether oxygens (including phenoxy) is 3. The van der Waals surface area contributed by atoms with Crippen LogP contribution >= 0.6 is 0 Å². The molecule has 38 heavy (non-hydrogen) atoms. The van der Waals surface area contributed by atoms with Crippen molar-refractivity contribution in [3.63, 3.8) is 0 Å². The van der Waals surface area contributed by atoms with Crippen LogP contribution in [0, 0.1) is 0 Å². The van der Waals surface area contributed by atoms with E-state index in [0.29, 0.717) is 48.8 Å². The largest absolute Gasteiger partial charge is 0.497 e. The van der Waals surface area contributed by atoms with Crippen LogP contribution in [0.2, 0.25) is 0 Å². The summed E-state index contributed by atoms with van der Waals surface area (Å²) in [7, 11) is 3.12. The standard InChI is InChI=1S/C28H37N5O5/c1-4-38-15-9-14-32(26(34)19-33-25-13-8-7-12-24(25)30-31-33)27(28(35)29-21-10-5-6-11-21)20-16-22(36-2)18-23(17-20)37-3/h7-8,12-13,16-18,21,27H,4-6,9-11,14-15,19H2,1-3H3,(H,29,35)/t27-/m0/s1. The Morgan fingerprint density at radius 1 is 1.11 bits per heavy atom. The van der Waals surface area contributed by atoms with E-state index >= 15 is 0 Å². The molecule has 1 N–H and O–H groups in total. The lowest BCUT2D eigenvalue weighted by Crippen LogP contribution is -2.47. The number of aromatic nitrogens is 3. The lowest BCUT2D eigenvalue weighted by atomic mass is 10.0. The fourth-order valence-corrected chi connectivity index (χ4v) is 4.94. The number of carbonyl (C=O) groups excluding carboxylic acids is 2. The maximum atomic E-state index is 13.9. The first-order chi connectivity index (χ1) is 18.5. The minimum Gasteiger partial charge on any atom is -0.497 e. The van der Waals surface area contributed by atoms with Gasteiger partial charge in [0.15, 0.2) is 0 Å². The van der Waals surface area contributed by atoms with Gasteiger partial charge in [0.25, 0.3) is 0 Å². The molecule has 1 saturated carbocycles. The SMILES string of the molecule is CCOCCCN(C(=O)Cn1nnc2ccccc21)[C@H](C(=O)NC1CCCC1)c1cc(OC)cc(OC)c1. The second kappa shape index (κ2) is 13.2. The highest BCUT2D eigenvalue weighted by Crippen LogP contribution is 2.31. The first-order valence-electron chi connectivity index (χ1n) is 13.2. The van der Waals surface area contributed by atoms with Crippen molar-refractivity contribution in [1.29, 1.82) is 0 Å². The Kier molecular flexibility index (Phi) is 9.53. The predicted octanol–water partition coefficient (Wildman–Crippen LogP) is 3.50. The number of fused-ring (bicyclic) bond motifs is 1. The van der Waals surface area contributed by atoms with Crippen molar-refractivity contribution in [3.05, 3.63) is 48.0 Å². The van der Waals surface area contributed by atoms with Crippen LogP contribution in [0.15, 0.2) is 42.5 Å². The number of carbonyl (C=O) groups is 2. The molecule has 1 atom stereocenters. The zero-order chi connectivity index (χ0) is 26.9. The monoisotopic (exact) mass is 523 g/mol. The van der Waals surface area contributed by atoms with Crippen molar-refractivity contribution < 1.29 is 23.8 Å². The van der Waals surface area contributed by atoms with Crippen molar-refractivity contribution in [2.75, 3.05) is 34.0 Å². The average Bonchev–Trinajstić information content (AvgIpc) is 3.60. The van der Waals surface area contributed by atoms with Gasteiger partial charge in [-0.15, -0.1) is 5.10 Å². The molecular weight excluding hydrogens is 486 g/mol. The fraction of sp³-hybridized carbons (Fsp3) is 0.500. The number of rotatable bonds is 13. The second-order valence-electron chi connectivity index (χ2n) is 9.41. The van der Waals surface area contributed by atoms with Gasteiger partial charge < -0.3 is 24.4 Å². The molecule has 3 aromatic rings. The lowest BCUT2D eigenvalue weighted by Gasteiger charge is -2.32. The van der Waals surface area contributed by atoms with E-state index in [1.54, 1.807) is 42.0 Å². The molecule has 0 saturated heterocycles. The molecule has 0 spiro atoms. The number of benzene rings is 2.